The number of aromatic amines is 1. The molecule has 1 fully saturated rings. The van der Waals surface area contributed by atoms with E-state index in [-0.39, 0.29) is 49.2 Å². The normalized spacial score (nSPS) is 20.3. The summed E-state index contributed by atoms with van der Waals surface area (Å²) in [6.07, 6.45) is 0.149. The second-order valence-corrected chi connectivity index (χ2v) is 6.82. The SMILES string of the molecule is CC(=O)CNCC#Cc1cn(C2CC(OCN=[N+]=[N-])C(CO)O2)c2nc(N)[nH]c(=O)c12. The molecule has 5 N–H and O–H groups in total. The number of rotatable bonds is 8. The largest absolute Gasteiger partial charge is 0.394 e. The number of azide groups is 1. The summed E-state index contributed by atoms with van der Waals surface area (Å²) in [5.41, 5.74) is 14.4. The van der Waals surface area contributed by atoms with Gasteiger partial charge in [-0.2, -0.15) is 4.98 Å². The highest BCUT2D eigenvalue weighted by Crippen LogP contribution is 2.33. The number of nitrogens with two attached hydrogens (primary N) is 1. The van der Waals surface area contributed by atoms with Crippen molar-refractivity contribution in [1.29, 1.82) is 0 Å². The molecule has 0 aliphatic carbocycles. The lowest BCUT2D eigenvalue weighted by Gasteiger charge is -2.15. The number of aliphatic hydroxyl groups excluding tert-OH is 1. The van der Waals surface area contributed by atoms with E-state index in [1.165, 1.54) is 6.92 Å². The van der Waals surface area contributed by atoms with Crippen molar-refractivity contribution in [2.24, 2.45) is 5.11 Å². The number of aliphatic hydroxyl groups is 1. The summed E-state index contributed by atoms with van der Waals surface area (Å²) in [4.78, 5) is 32.8. The number of fused-ring (bicyclic) bond motifs is 1. The fourth-order valence-electron chi connectivity index (χ4n) is 3.29. The van der Waals surface area contributed by atoms with Gasteiger partial charge in [0.1, 0.15) is 24.8 Å². The van der Waals surface area contributed by atoms with E-state index in [1.54, 1.807) is 10.8 Å². The first-order valence-corrected chi connectivity index (χ1v) is 9.42. The molecule has 0 saturated carbocycles. The van der Waals surface area contributed by atoms with Gasteiger partial charge in [-0.3, -0.25) is 19.9 Å². The molecule has 0 aromatic carbocycles. The number of Topliss-reactive ketones (excluding diaryl/α,β-unsaturated/α-hetero) is 1. The van der Waals surface area contributed by atoms with E-state index in [1.807, 2.05) is 0 Å². The molecule has 31 heavy (non-hydrogen) atoms. The minimum Gasteiger partial charge on any atom is -0.394 e. The first-order chi connectivity index (χ1) is 14.9. The van der Waals surface area contributed by atoms with Gasteiger partial charge in [0.05, 0.1) is 36.8 Å². The van der Waals surface area contributed by atoms with Gasteiger partial charge in [0.2, 0.25) is 5.95 Å². The molecule has 3 atom stereocenters. The standard InChI is InChI=1S/C18H22N8O5/c1-10(28)6-21-4-2-3-11-7-26(16-15(11)17(29)24-18(19)23-16)14-5-12(13(8-27)31-14)30-9-22-25-20/h7,12-14,21,27H,4-6,8-9H2,1H3,(H3,19,23,24,29). The molecule has 0 spiro atoms. The van der Waals surface area contributed by atoms with Crippen molar-refractivity contribution in [2.75, 3.05) is 32.2 Å². The van der Waals surface area contributed by atoms with Crippen molar-refractivity contribution >= 4 is 22.8 Å². The smallest absolute Gasteiger partial charge is 0.263 e. The van der Waals surface area contributed by atoms with E-state index in [4.69, 9.17) is 20.7 Å². The number of carbonyl (C=O) groups is 1. The van der Waals surface area contributed by atoms with Crippen molar-refractivity contribution in [3.05, 3.63) is 32.6 Å². The van der Waals surface area contributed by atoms with Crippen molar-refractivity contribution in [3.63, 3.8) is 0 Å². The summed E-state index contributed by atoms with van der Waals surface area (Å²) in [5, 5.41) is 16.1. The second kappa shape index (κ2) is 10.1. The number of hydrogen-bond donors (Lipinski definition) is 4. The van der Waals surface area contributed by atoms with Crippen LogP contribution in [0.1, 0.15) is 25.1 Å². The molecule has 13 nitrogen and oxygen atoms in total. The first kappa shape index (κ1) is 22.3. The predicted molar refractivity (Wildman–Crippen MR) is 110 cm³/mol. The van der Waals surface area contributed by atoms with E-state index in [0.29, 0.717) is 12.0 Å². The number of nitrogens with one attached hydrogen (secondary N) is 2. The maximum Gasteiger partial charge on any atom is 0.263 e. The van der Waals surface area contributed by atoms with E-state index >= 15 is 0 Å². The number of aromatic nitrogens is 3. The maximum atomic E-state index is 12.5. The van der Waals surface area contributed by atoms with E-state index in [9.17, 15) is 14.7 Å². The lowest BCUT2D eigenvalue weighted by atomic mass is 10.2. The van der Waals surface area contributed by atoms with Crippen LogP contribution in [0.4, 0.5) is 5.95 Å². The summed E-state index contributed by atoms with van der Waals surface area (Å²) in [6.45, 7) is 1.42. The number of carbonyl (C=O) groups excluding carboxylic acids is 1. The van der Waals surface area contributed by atoms with Crippen LogP contribution in [0.15, 0.2) is 16.1 Å². The molecule has 1 aliphatic heterocycles. The summed E-state index contributed by atoms with van der Waals surface area (Å²) < 4.78 is 13.0. The fraction of sp³-hybridized carbons (Fsp3) is 0.500. The molecule has 3 rings (SSSR count). The first-order valence-electron chi connectivity index (χ1n) is 9.42. The van der Waals surface area contributed by atoms with Crippen molar-refractivity contribution in [1.82, 2.24) is 19.9 Å². The van der Waals surface area contributed by atoms with E-state index < -0.39 is 24.0 Å². The van der Waals surface area contributed by atoms with Crippen molar-refractivity contribution in [3.8, 4) is 11.8 Å². The van der Waals surface area contributed by atoms with Gasteiger partial charge in [-0.1, -0.05) is 17.0 Å². The molecule has 2 aromatic rings. The average Bonchev–Trinajstić information content (AvgIpc) is 3.29. The zero-order valence-electron chi connectivity index (χ0n) is 16.7. The zero-order chi connectivity index (χ0) is 22.4. The molecule has 1 aliphatic rings. The molecule has 0 radical (unpaired) electrons. The third-order valence-corrected chi connectivity index (χ3v) is 4.59. The van der Waals surface area contributed by atoms with Crippen LogP contribution in [0.3, 0.4) is 0 Å². The summed E-state index contributed by atoms with van der Waals surface area (Å²) in [5.74, 6) is 5.70. The Morgan fingerprint density at radius 1 is 1.65 bits per heavy atom. The third-order valence-electron chi connectivity index (χ3n) is 4.59. The fourth-order valence-corrected chi connectivity index (χ4v) is 3.29. The topological polar surface area (TPSA) is 193 Å². The zero-order valence-corrected chi connectivity index (χ0v) is 16.7. The molecule has 13 heteroatoms. The molecule has 164 valence electrons. The Hall–Kier alpha value is -3.40. The summed E-state index contributed by atoms with van der Waals surface area (Å²) in [7, 11) is 0. The van der Waals surface area contributed by atoms with Gasteiger partial charge in [0.15, 0.2) is 5.65 Å². The molecule has 0 bridgehead atoms. The van der Waals surface area contributed by atoms with Crippen LogP contribution in [-0.4, -0.2) is 64.1 Å². The van der Waals surface area contributed by atoms with Crippen LogP contribution >= 0.6 is 0 Å². The highest BCUT2D eigenvalue weighted by molar-refractivity contribution is 5.83. The summed E-state index contributed by atoms with van der Waals surface area (Å²) >= 11 is 0. The molecule has 2 aromatic heterocycles. The minimum atomic E-state index is -0.652. The van der Waals surface area contributed by atoms with Gasteiger partial charge in [-0.05, 0) is 12.5 Å². The Kier molecular flexibility index (Phi) is 7.24. The number of ketones is 1. The van der Waals surface area contributed by atoms with Gasteiger partial charge in [0, 0.05) is 17.5 Å². The third kappa shape index (κ3) is 5.21. The Morgan fingerprint density at radius 3 is 3.16 bits per heavy atom. The Labute approximate surface area is 176 Å². The van der Waals surface area contributed by atoms with Crippen LogP contribution in [0.5, 0.6) is 0 Å². The quantitative estimate of drug-likeness (QED) is 0.145. The van der Waals surface area contributed by atoms with E-state index in [0.717, 1.165) is 0 Å². The van der Waals surface area contributed by atoms with Crippen LogP contribution in [0, 0.1) is 11.8 Å². The van der Waals surface area contributed by atoms with Crippen LogP contribution in [0.25, 0.3) is 21.5 Å². The molecule has 0 amide bonds. The van der Waals surface area contributed by atoms with E-state index in [2.05, 4.69) is 37.2 Å². The number of H-pyrrole nitrogens is 1. The number of nitrogens with zero attached hydrogens (tertiary/aromatic N) is 5. The van der Waals surface area contributed by atoms with Crippen molar-refractivity contribution < 1.29 is 19.4 Å². The molecular weight excluding hydrogens is 408 g/mol. The number of hydrogen-bond acceptors (Lipinski definition) is 9. The Bertz CT molecular complexity index is 1120. The maximum absolute atomic E-state index is 12.5. The highest BCUT2D eigenvalue weighted by atomic mass is 16.6. The number of nitrogen functional groups attached to an aromatic ring is 1. The van der Waals surface area contributed by atoms with Gasteiger partial charge in [-0.25, -0.2) is 0 Å². The van der Waals surface area contributed by atoms with Gasteiger partial charge < -0.3 is 24.9 Å². The molecule has 3 heterocycles. The van der Waals surface area contributed by atoms with Gasteiger partial charge in [-0.15, -0.1) is 0 Å². The highest BCUT2D eigenvalue weighted by Gasteiger charge is 2.37. The number of anilines is 1. The molecule has 3 unspecified atom stereocenters. The number of ether oxygens (including phenoxy) is 2. The monoisotopic (exact) mass is 430 g/mol. The molecular formula is C18H22N8O5. The Balaban J connectivity index is 1.92. The van der Waals surface area contributed by atoms with Crippen LogP contribution in [0.2, 0.25) is 0 Å². The lowest BCUT2D eigenvalue weighted by Crippen LogP contribution is -2.27. The summed E-state index contributed by atoms with van der Waals surface area (Å²) in [6, 6.07) is 0. The average molecular weight is 430 g/mol. The molecule has 1 saturated heterocycles. The Morgan fingerprint density at radius 2 is 2.45 bits per heavy atom. The van der Waals surface area contributed by atoms with Crippen LogP contribution in [-0.2, 0) is 14.3 Å². The van der Waals surface area contributed by atoms with Gasteiger partial charge >= 0.3 is 0 Å². The lowest BCUT2D eigenvalue weighted by molar-refractivity contribution is -0.116. The minimum absolute atomic E-state index is 0.0106. The second-order valence-electron chi connectivity index (χ2n) is 6.82. The predicted octanol–water partition coefficient (Wildman–Crippen LogP) is -0.230. The van der Waals surface area contributed by atoms with Crippen LogP contribution < -0.4 is 16.6 Å². The van der Waals surface area contributed by atoms with Gasteiger partial charge in [0.25, 0.3) is 5.56 Å². The van der Waals surface area contributed by atoms with Crippen molar-refractivity contribution in [2.45, 2.75) is 31.8 Å².